The van der Waals surface area contributed by atoms with E-state index in [1.165, 1.54) is 17.9 Å². The lowest BCUT2D eigenvalue weighted by molar-refractivity contribution is -0.119. The van der Waals surface area contributed by atoms with Crippen molar-refractivity contribution in [3.63, 3.8) is 0 Å². The molecule has 2 aromatic carbocycles. The number of amides is 2. The fourth-order valence-corrected chi connectivity index (χ4v) is 3.58. The third-order valence-corrected chi connectivity index (χ3v) is 5.39. The number of pyridine rings is 1. The monoisotopic (exact) mass is 461 g/mol. The van der Waals surface area contributed by atoms with Gasteiger partial charge in [-0.2, -0.15) is 0 Å². The molecular weight excluding hydrogens is 437 g/mol. The molecule has 1 atom stereocenters. The van der Waals surface area contributed by atoms with Crippen molar-refractivity contribution < 1.29 is 18.7 Å². The Morgan fingerprint density at radius 2 is 1.94 bits per heavy atom. The van der Waals surface area contributed by atoms with Gasteiger partial charge in [-0.1, -0.05) is 24.3 Å². The van der Waals surface area contributed by atoms with Crippen LogP contribution in [0.3, 0.4) is 0 Å². The van der Waals surface area contributed by atoms with Gasteiger partial charge in [0.2, 0.25) is 5.91 Å². The van der Waals surface area contributed by atoms with Crippen LogP contribution in [-0.4, -0.2) is 42.0 Å². The van der Waals surface area contributed by atoms with Gasteiger partial charge >= 0.3 is 6.09 Å². The lowest BCUT2D eigenvalue weighted by Crippen LogP contribution is -2.33. The maximum Gasteiger partial charge on any atom is 0.414 e. The molecule has 174 valence electrons. The number of anilines is 1. The van der Waals surface area contributed by atoms with Crippen LogP contribution in [0.5, 0.6) is 0 Å². The highest BCUT2D eigenvalue weighted by molar-refractivity contribution is 5.98. The number of ether oxygens (including phenoxy) is 1. The lowest BCUT2D eigenvalue weighted by Gasteiger charge is -2.14. The van der Waals surface area contributed by atoms with Gasteiger partial charge in [0.25, 0.3) is 0 Å². The number of cyclic esters (lactones) is 1. The highest BCUT2D eigenvalue weighted by Gasteiger charge is 2.32. The van der Waals surface area contributed by atoms with Crippen molar-refractivity contribution in [3.8, 4) is 11.1 Å². The van der Waals surface area contributed by atoms with E-state index in [0.29, 0.717) is 29.2 Å². The minimum atomic E-state index is -0.576. The molecule has 0 aliphatic carbocycles. The number of nitrogens with zero attached hydrogens (tertiary/aromatic N) is 3. The molecule has 2 amide bonds. The minimum absolute atomic E-state index is 0.208. The Kier molecular flexibility index (Phi) is 6.82. The molecule has 1 aliphatic rings. The first-order valence-corrected chi connectivity index (χ1v) is 10.7. The molecule has 34 heavy (non-hydrogen) atoms. The van der Waals surface area contributed by atoms with Gasteiger partial charge in [0.15, 0.2) is 0 Å². The molecule has 9 heteroatoms. The SMILES string of the molecule is CC(=O)NCC1CN(c2ccc(-c3ccc(C(N)=NCc4ccncc4)cc3)c(F)c2)C(=O)O1. The van der Waals surface area contributed by atoms with Crippen molar-refractivity contribution in [3.05, 3.63) is 83.9 Å². The summed E-state index contributed by atoms with van der Waals surface area (Å²) in [5.74, 6) is -0.291. The summed E-state index contributed by atoms with van der Waals surface area (Å²) in [5.41, 5.74) is 9.29. The van der Waals surface area contributed by atoms with Crippen LogP contribution < -0.4 is 16.0 Å². The molecule has 1 aliphatic heterocycles. The molecule has 0 radical (unpaired) electrons. The van der Waals surface area contributed by atoms with Gasteiger partial charge in [0, 0.05) is 30.4 Å². The van der Waals surface area contributed by atoms with Crippen LogP contribution in [0.4, 0.5) is 14.9 Å². The number of nitrogens with two attached hydrogens (primary N) is 1. The predicted molar refractivity (Wildman–Crippen MR) is 127 cm³/mol. The minimum Gasteiger partial charge on any atom is -0.442 e. The standard InChI is InChI=1S/C25H24FN5O3/c1-16(32)29-14-21-15-31(25(33)34-21)20-6-7-22(23(26)12-20)18-2-4-19(5-3-18)24(27)30-13-17-8-10-28-11-9-17/h2-12,21H,13-15H2,1H3,(H2,27,30)(H,29,32). The Bertz CT molecular complexity index is 1210. The molecule has 1 saturated heterocycles. The smallest absolute Gasteiger partial charge is 0.414 e. The molecule has 0 saturated carbocycles. The summed E-state index contributed by atoms with van der Waals surface area (Å²) in [6, 6.07) is 15.5. The van der Waals surface area contributed by atoms with Crippen molar-refractivity contribution in [2.75, 3.05) is 18.0 Å². The number of benzene rings is 2. The first-order valence-electron chi connectivity index (χ1n) is 10.7. The number of aliphatic imine (C=N–C) groups is 1. The highest BCUT2D eigenvalue weighted by Crippen LogP contribution is 2.29. The number of nitrogens with one attached hydrogen (secondary N) is 1. The summed E-state index contributed by atoms with van der Waals surface area (Å²) >= 11 is 0. The van der Waals surface area contributed by atoms with E-state index >= 15 is 0 Å². The van der Waals surface area contributed by atoms with Crippen LogP contribution in [0.1, 0.15) is 18.1 Å². The fraction of sp³-hybridized carbons (Fsp3) is 0.200. The largest absolute Gasteiger partial charge is 0.442 e. The van der Waals surface area contributed by atoms with E-state index in [2.05, 4.69) is 15.3 Å². The zero-order valence-electron chi connectivity index (χ0n) is 18.6. The van der Waals surface area contributed by atoms with E-state index in [1.54, 1.807) is 48.8 Å². The van der Waals surface area contributed by atoms with Crippen LogP contribution in [0.25, 0.3) is 11.1 Å². The number of hydrogen-bond donors (Lipinski definition) is 2. The number of hydrogen-bond acceptors (Lipinski definition) is 5. The molecule has 0 spiro atoms. The Hall–Kier alpha value is -4.27. The topological polar surface area (TPSA) is 110 Å². The third-order valence-electron chi connectivity index (χ3n) is 5.39. The molecule has 1 fully saturated rings. The summed E-state index contributed by atoms with van der Waals surface area (Å²) in [5, 5.41) is 2.61. The highest BCUT2D eigenvalue weighted by atomic mass is 19.1. The summed E-state index contributed by atoms with van der Waals surface area (Å²) in [4.78, 5) is 33.0. The van der Waals surface area contributed by atoms with E-state index in [-0.39, 0.29) is 19.0 Å². The van der Waals surface area contributed by atoms with Gasteiger partial charge in [0.05, 0.1) is 25.3 Å². The number of halogens is 1. The van der Waals surface area contributed by atoms with Gasteiger partial charge in [-0.3, -0.25) is 19.7 Å². The van der Waals surface area contributed by atoms with E-state index < -0.39 is 18.0 Å². The maximum absolute atomic E-state index is 14.9. The molecule has 2 heterocycles. The van der Waals surface area contributed by atoms with Crippen molar-refractivity contribution >= 4 is 23.5 Å². The van der Waals surface area contributed by atoms with Crippen molar-refractivity contribution in [2.45, 2.75) is 19.6 Å². The number of carbonyl (C=O) groups is 2. The van der Waals surface area contributed by atoms with Crippen molar-refractivity contribution in [2.24, 2.45) is 10.7 Å². The van der Waals surface area contributed by atoms with Crippen molar-refractivity contribution in [1.82, 2.24) is 10.3 Å². The van der Waals surface area contributed by atoms with Crippen LogP contribution >= 0.6 is 0 Å². The van der Waals surface area contributed by atoms with Crippen LogP contribution in [0, 0.1) is 5.82 Å². The third kappa shape index (κ3) is 5.37. The van der Waals surface area contributed by atoms with Crippen LogP contribution in [0.2, 0.25) is 0 Å². The quantitative estimate of drug-likeness (QED) is 0.415. The van der Waals surface area contributed by atoms with Crippen LogP contribution in [-0.2, 0) is 16.1 Å². The van der Waals surface area contributed by atoms with Gasteiger partial charge in [-0.05, 0) is 41.5 Å². The Balaban J connectivity index is 1.45. The van der Waals surface area contributed by atoms with Gasteiger partial charge < -0.3 is 15.8 Å². The van der Waals surface area contributed by atoms with E-state index in [9.17, 15) is 14.0 Å². The summed E-state index contributed by atoms with van der Waals surface area (Å²) in [7, 11) is 0. The molecule has 0 bridgehead atoms. The number of rotatable bonds is 7. The van der Waals surface area contributed by atoms with Gasteiger partial charge in [0.1, 0.15) is 17.8 Å². The van der Waals surface area contributed by atoms with Crippen LogP contribution in [0.15, 0.2) is 72.0 Å². The first kappa shape index (κ1) is 22.9. The van der Waals surface area contributed by atoms with E-state index in [1.807, 2.05) is 12.1 Å². The van der Waals surface area contributed by atoms with Gasteiger partial charge in [-0.25, -0.2) is 9.18 Å². The zero-order chi connectivity index (χ0) is 24.1. The normalized spacial score (nSPS) is 15.8. The molecule has 8 nitrogen and oxygen atoms in total. The second kappa shape index (κ2) is 10.1. The summed E-state index contributed by atoms with van der Waals surface area (Å²) in [6.45, 7) is 2.26. The molecular formula is C25H24FN5O3. The Morgan fingerprint density at radius 1 is 1.21 bits per heavy atom. The Morgan fingerprint density at radius 3 is 2.62 bits per heavy atom. The maximum atomic E-state index is 14.9. The zero-order valence-corrected chi connectivity index (χ0v) is 18.6. The second-order valence-corrected chi connectivity index (χ2v) is 7.85. The average molecular weight is 461 g/mol. The molecule has 4 rings (SSSR count). The fourth-order valence-electron chi connectivity index (χ4n) is 3.58. The summed E-state index contributed by atoms with van der Waals surface area (Å²) < 4.78 is 20.2. The molecule has 3 aromatic rings. The van der Waals surface area contributed by atoms with E-state index in [0.717, 1.165) is 11.1 Å². The summed E-state index contributed by atoms with van der Waals surface area (Å²) in [6.07, 6.45) is 2.34. The van der Waals surface area contributed by atoms with Gasteiger partial charge in [-0.15, -0.1) is 0 Å². The molecule has 3 N–H and O–H groups in total. The van der Waals surface area contributed by atoms with E-state index in [4.69, 9.17) is 10.5 Å². The molecule has 1 unspecified atom stereocenters. The lowest BCUT2D eigenvalue weighted by atomic mass is 10.0. The molecule has 1 aromatic heterocycles. The number of aromatic nitrogens is 1. The number of carbonyl (C=O) groups excluding carboxylic acids is 2. The number of amidine groups is 1. The average Bonchev–Trinajstić information content (AvgIpc) is 3.22. The van der Waals surface area contributed by atoms with Crippen molar-refractivity contribution in [1.29, 1.82) is 0 Å². The second-order valence-electron chi connectivity index (χ2n) is 7.85. The first-order chi connectivity index (χ1) is 16.4. The Labute approximate surface area is 196 Å². The predicted octanol–water partition coefficient (Wildman–Crippen LogP) is 3.25.